The number of rotatable bonds is 3. The highest BCUT2D eigenvalue weighted by Crippen LogP contribution is 2.10. The molecule has 4 nitrogen and oxygen atoms in total. The maximum absolute atomic E-state index is 5.59. The van der Waals surface area contributed by atoms with Crippen molar-refractivity contribution in [2.24, 2.45) is 0 Å². The average Bonchev–Trinajstić information content (AvgIpc) is 2.69. The molecule has 0 saturated heterocycles. The molecule has 1 aromatic heterocycles. The fourth-order valence-electron chi connectivity index (χ4n) is 1.32. The number of aromatic nitrogens is 2. The van der Waals surface area contributed by atoms with Crippen molar-refractivity contribution in [1.82, 2.24) is 10.1 Å². The molecule has 86 valence electrons. The third kappa shape index (κ3) is 2.97. The predicted octanol–water partition coefficient (Wildman–Crippen LogP) is 2.23. The highest BCUT2D eigenvalue weighted by Gasteiger charge is 2.05. The number of hydrogen-bond acceptors (Lipinski definition) is 4. The van der Waals surface area contributed by atoms with Crippen molar-refractivity contribution in [1.29, 1.82) is 0 Å². The molecule has 5 heteroatoms. The van der Waals surface area contributed by atoms with Crippen LogP contribution in [0.4, 0.5) is 5.69 Å². The summed E-state index contributed by atoms with van der Waals surface area (Å²) in [7, 11) is 0. The van der Waals surface area contributed by atoms with Crippen molar-refractivity contribution in [2.75, 3.05) is 5.73 Å². The molecule has 2 aromatic rings. The minimum absolute atomic E-state index is 0. The molecule has 0 amide bonds. The van der Waals surface area contributed by atoms with Crippen LogP contribution in [0.3, 0.4) is 0 Å². The summed E-state index contributed by atoms with van der Waals surface area (Å²) >= 11 is 0. The molecular weight excluding hydrogens is 226 g/mol. The standard InChI is InChI=1S/C11H13N3O.ClH/c1-2-10-13-11(15-14-10)7-8-3-5-9(12)6-4-8;/h3-6H,2,7,12H2,1H3;1H. The molecule has 0 atom stereocenters. The monoisotopic (exact) mass is 239 g/mol. The van der Waals surface area contributed by atoms with Gasteiger partial charge in [-0.15, -0.1) is 12.4 Å². The first-order valence-corrected chi connectivity index (χ1v) is 4.94. The molecule has 1 aromatic carbocycles. The summed E-state index contributed by atoms with van der Waals surface area (Å²) in [6.45, 7) is 2.00. The SMILES string of the molecule is CCc1noc(Cc2ccc(N)cc2)n1.Cl. The molecule has 0 aliphatic rings. The van der Waals surface area contributed by atoms with Gasteiger partial charge in [-0.3, -0.25) is 0 Å². The van der Waals surface area contributed by atoms with Crippen molar-refractivity contribution < 1.29 is 4.52 Å². The van der Waals surface area contributed by atoms with Gasteiger partial charge >= 0.3 is 0 Å². The number of hydrogen-bond donors (Lipinski definition) is 1. The molecule has 16 heavy (non-hydrogen) atoms. The lowest BCUT2D eigenvalue weighted by Crippen LogP contribution is -1.90. The summed E-state index contributed by atoms with van der Waals surface area (Å²) in [5.41, 5.74) is 7.48. The zero-order chi connectivity index (χ0) is 10.7. The minimum atomic E-state index is 0. The van der Waals surface area contributed by atoms with E-state index in [4.69, 9.17) is 10.3 Å². The Bertz CT molecular complexity index is 439. The van der Waals surface area contributed by atoms with Gasteiger partial charge in [0.1, 0.15) is 0 Å². The van der Waals surface area contributed by atoms with Gasteiger partial charge in [0.25, 0.3) is 0 Å². The summed E-state index contributed by atoms with van der Waals surface area (Å²) in [6.07, 6.45) is 1.46. The van der Waals surface area contributed by atoms with E-state index in [1.54, 1.807) is 0 Å². The smallest absolute Gasteiger partial charge is 0.231 e. The van der Waals surface area contributed by atoms with Crippen LogP contribution in [-0.2, 0) is 12.8 Å². The van der Waals surface area contributed by atoms with Gasteiger partial charge in [-0.25, -0.2) is 0 Å². The van der Waals surface area contributed by atoms with Gasteiger partial charge in [0.05, 0.1) is 6.42 Å². The molecule has 0 fully saturated rings. The van der Waals surface area contributed by atoms with Crippen LogP contribution in [0.15, 0.2) is 28.8 Å². The Morgan fingerprint density at radius 2 is 1.94 bits per heavy atom. The van der Waals surface area contributed by atoms with Crippen LogP contribution in [0.25, 0.3) is 0 Å². The highest BCUT2D eigenvalue weighted by molar-refractivity contribution is 5.85. The largest absolute Gasteiger partial charge is 0.399 e. The molecule has 0 aliphatic heterocycles. The number of anilines is 1. The number of aryl methyl sites for hydroxylation is 1. The molecule has 0 aliphatic carbocycles. The fraction of sp³-hybridized carbons (Fsp3) is 0.273. The van der Waals surface area contributed by atoms with Crippen molar-refractivity contribution in [3.8, 4) is 0 Å². The summed E-state index contributed by atoms with van der Waals surface area (Å²) in [5, 5.41) is 3.84. The molecule has 0 unspecified atom stereocenters. The number of halogens is 1. The van der Waals surface area contributed by atoms with Crippen molar-refractivity contribution >= 4 is 18.1 Å². The van der Waals surface area contributed by atoms with E-state index in [2.05, 4.69) is 10.1 Å². The Hall–Kier alpha value is -1.55. The third-order valence-electron chi connectivity index (χ3n) is 2.16. The predicted molar refractivity (Wildman–Crippen MR) is 64.6 cm³/mol. The lowest BCUT2D eigenvalue weighted by atomic mass is 10.1. The summed E-state index contributed by atoms with van der Waals surface area (Å²) < 4.78 is 5.10. The van der Waals surface area contributed by atoms with Crippen LogP contribution in [0, 0.1) is 0 Å². The van der Waals surface area contributed by atoms with Gasteiger partial charge in [0, 0.05) is 12.1 Å². The molecule has 2 N–H and O–H groups in total. The van der Waals surface area contributed by atoms with Gasteiger partial charge in [-0.1, -0.05) is 24.2 Å². The lowest BCUT2D eigenvalue weighted by Gasteiger charge is -1.96. The summed E-state index contributed by atoms with van der Waals surface area (Å²) in [6, 6.07) is 7.66. The number of nitrogen functional groups attached to an aromatic ring is 1. The van der Waals surface area contributed by atoms with Crippen molar-refractivity contribution in [2.45, 2.75) is 19.8 Å². The van der Waals surface area contributed by atoms with Crippen LogP contribution < -0.4 is 5.73 Å². The first-order valence-electron chi connectivity index (χ1n) is 4.94. The Kier molecular flexibility index (Phi) is 4.31. The van der Waals surface area contributed by atoms with Crippen LogP contribution >= 0.6 is 12.4 Å². The minimum Gasteiger partial charge on any atom is -0.399 e. The summed E-state index contributed by atoms with van der Waals surface area (Å²) in [5.74, 6) is 1.40. The van der Waals surface area contributed by atoms with E-state index >= 15 is 0 Å². The van der Waals surface area contributed by atoms with Gasteiger partial charge in [-0.05, 0) is 17.7 Å². The average molecular weight is 240 g/mol. The second kappa shape index (κ2) is 5.51. The number of benzene rings is 1. The van der Waals surface area contributed by atoms with Crippen LogP contribution in [0.2, 0.25) is 0 Å². The number of nitrogens with two attached hydrogens (primary N) is 1. The summed E-state index contributed by atoms with van der Waals surface area (Å²) in [4.78, 5) is 4.24. The second-order valence-electron chi connectivity index (χ2n) is 3.38. The zero-order valence-corrected chi connectivity index (χ0v) is 9.83. The number of nitrogens with zero attached hydrogens (tertiary/aromatic N) is 2. The maximum atomic E-state index is 5.59. The molecule has 0 bridgehead atoms. The molecule has 2 rings (SSSR count). The maximum Gasteiger partial charge on any atom is 0.231 e. The normalized spacial score (nSPS) is 9.81. The van der Waals surface area contributed by atoms with E-state index < -0.39 is 0 Å². The first kappa shape index (κ1) is 12.5. The van der Waals surface area contributed by atoms with E-state index in [9.17, 15) is 0 Å². The Morgan fingerprint density at radius 1 is 1.25 bits per heavy atom. The molecule has 0 saturated carbocycles. The van der Waals surface area contributed by atoms with Gasteiger partial charge in [0.15, 0.2) is 5.82 Å². The topological polar surface area (TPSA) is 64.9 Å². The quantitative estimate of drug-likeness (QED) is 0.835. The zero-order valence-electron chi connectivity index (χ0n) is 9.01. The van der Waals surface area contributed by atoms with Gasteiger partial charge < -0.3 is 10.3 Å². The van der Waals surface area contributed by atoms with Crippen LogP contribution in [-0.4, -0.2) is 10.1 Å². The Balaban J connectivity index is 0.00000128. The van der Waals surface area contributed by atoms with Gasteiger partial charge in [-0.2, -0.15) is 4.98 Å². The van der Waals surface area contributed by atoms with Crippen molar-refractivity contribution in [3.63, 3.8) is 0 Å². The Labute approximate surface area is 100 Å². The van der Waals surface area contributed by atoms with E-state index in [0.29, 0.717) is 12.3 Å². The van der Waals surface area contributed by atoms with Crippen LogP contribution in [0.5, 0.6) is 0 Å². The highest BCUT2D eigenvalue weighted by atomic mass is 35.5. The van der Waals surface area contributed by atoms with Crippen LogP contribution in [0.1, 0.15) is 24.2 Å². The Morgan fingerprint density at radius 3 is 2.50 bits per heavy atom. The third-order valence-corrected chi connectivity index (χ3v) is 2.16. The first-order chi connectivity index (χ1) is 7.28. The molecular formula is C11H14ClN3O. The fourth-order valence-corrected chi connectivity index (χ4v) is 1.32. The lowest BCUT2D eigenvalue weighted by molar-refractivity contribution is 0.380. The van der Waals surface area contributed by atoms with Crippen molar-refractivity contribution in [3.05, 3.63) is 41.5 Å². The van der Waals surface area contributed by atoms with E-state index in [0.717, 1.165) is 23.5 Å². The van der Waals surface area contributed by atoms with E-state index in [1.165, 1.54) is 0 Å². The molecule has 1 heterocycles. The van der Waals surface area contributed by atoms with E-state index in [-0.39, 0.29) is 12.4 Å². The second-order valence-corrected chi connectivity index (χ2v) is 3.38. The van der Waals surface area contributed by atoms with Gasteiger partial charge in [0.2, 0.25) is 5.89 Å². The molecule has 0 radical (unpaired) electrons. The molecule has 0 spiro atoms. The van der Waals surface area contributed by atoms with E-state index in [1.807, 2.05) is 31.2 Å².